The standard InChI is InChI=1S/C23H17N7OS2/c31-21(24-23-27-26-22(33-23)16-9-3-1-4-10-16)18-13-7-8-14-19(18)32-15-20-25-28-29-30(20)17-11-5-2-6-12-17/h1-14H,15H2,(H,24,27,31). The van der Waals surface area contributed by atoms with Crippen LogP contribution in [-0.2, 0) is 5.75 Å². The first kappa shape index (κ1) is 21.0. The van der Waals surface area contributed by atoms with E-state index in [9.17, 15) is 4.79 Å². The van der Waals surface area contributed by atoms with E-state index in [1.165, 1.54) is 23.1 Å². The van der Waals surface area contributed by atoms with Crippen molar-refractivity contribution in [1.29, 1.82) is 0 Å². The third-order valence-corrected chi connectivity index (χ3v) is 6.65. The van der Waals surface area contributed by atoms with Crippen molar-refractivity contribution in [3.05, 3.63) is 96.3 Å². The van der Waals surface area contributed by atoms with Gasteiger partial charge in [-0.25, -0.2) is 0 Å². The number of thioether (sulfide) groups is 1. The monoisotopic (exact) mass is 471 g/mol. The molecule has 0 fully saturated rings. The number of carbonyl (C=O) groups is 1. The second-order valence-electron chi connectivity index (χ2n) is 6.86. The summed E-state index contributed by atoms with van der Waals surface area (Å²) < 4.78 is 1.70. The molecule has 0 atom stereocenters. The quantitative estimate of drug-likeness (QED) is 0.343. The van der Waals surface area contributed by atoms with Gasteiger partial charge in [-0.05, 0) is 34.7 Å². The number of rotatable bonds is 7. The maximum Gasteiger partial charge on any atom is 0.258 e. The zero-order chi connectivity index (χ0) is 22.5. The van der Waals surface area contributed by atoms with Gasteiger partial charge in [0.25, 0.3) is 5.91 Å². The minimum atomic E-state index is -0.239. The maximum absolute atomic E-state index is 13.0. The van der Waals surface area contributed by atoms with Crippen molar-refractivity contribution in [1.82, 2.24) is 30.4 Å². The lowest BCUT2D eigenvalue weighted by molar-refractivity contribution is 0.102. The lowest BCUT2D eigenvalue weighted by atomic mass is 10.2. The molecule has 5 rings (SSSR count). The van der Waals surface area contributed by atoms with Crippen LogP contribution in [-0.4, -0.2) is 36.3 Å². The number of nitrogens with one attached hydrogen (secondary N) is 1. The van der Waals surface area contributed by atoms with Crippen LogP contribution in [0.25, 0.3) is 16.3 Å². The summed E-state index contributed by atoms with van der Waals surface area (Å²) in [4.78, 5) is 13.8. The van der Waals surface area contributed by atoms with Crippen LogP contribution in [0.2, 0.25) is 0 Å². The molecule has 1 amide bonds. The zero-order valence-electron chi connectivity index (χ0n) is 17.2. The summed E-state index contributed by atoms with van der Waals surface area (Å²) in [6.07, 6.45) is 0. The summed E-state index contributed by atoms with van der Waals surface area (Å²) in [6, 6.07) is 26.9. The lowest BCUT2D eigenvalue weighted by Gasteiger charge is -2.08. The van der Waals surface area contributed by atoms with Crippen LogP contribution in [0, 0.1) is 0 Å². The second-order valence-corrected chi connectivity index (χ2v) is 8.85. The topological polar surface area (TPSA) is 98.5 Å². The van der Waals surface area contributed by atoms with Crippen molar-refractivity contribution in [2.75, 3.05) is 5.32 Å². The number of para-hydroxylation sites is 1. The highest BCUT2D eigenvalue weighted by molar-refractivity contribution is 7.98. The number of hydrogen-bond donors (Lipinski definition) is 1. The fourth-order valence-corrected chi connectivity index (χ4v) is 4.82. The Kier molecular flexibility index (Phi) is 6.18. The molecule has 162 valence electrons. The Hall–Kier alpha value is -3.89. The van der Waals surface area contributed by atoms with Crippen molar-refractivity contribution < 1.29 is 4.79 Å². The number of anilines is 1. The van der Waals surface area contributed by atoms with E-state index >= 15 is 0 Å². The largest absolute Gasteiger partial charge is 0.296 e. The predicted octanol–water partition coefficient (Wildman–Crippen LogP) is 4.73. The van der Waals surface area contributed by atoms with Crippen LogP contribution in [0.5, 0.6) is 0 Å². The predicted molar refractivity (Wildman–Crippen MR) is 128 cm³/mol. The highest BCUT2D eigenvalue weighted by Crippen LogP contribution is 2.29. The number of tetrazole rings is 1. The molecular formula is C23H17N7OS2. The Bertz CT molecular complexity index is 1370. The second kappa shape index (κ2) is 9.72. The molecule has 3 aromatic carbocycles. The molecule has 0 aliphatic heterocycles. The maximum atomic E-state index is 13.0. The van der Waals surface area contributed by atoms with Crippen molar-refractivity contribution in [3.8, 4) is 16.3 Å². The smallest absolute Gasteiger partial charge is 0.258 e. The number of aromatic nitrogens is 6. The molecule has 2 aromatic heterocycles. The molecule has 33 heavy (non-hydrogen) atoms. The molecule has 8 nitrogen and oxygen atoms in total. The van der Waals surface area contributed by atoms with Gasteiger partial charge >= 0.3 is 0 Å². The van der Waals surface area contributed by atoms with Gasteiger partial charge in [-0.2, -0.15) is 4.68 Å². The molecule has 0 bridgehead atoms. The number of nitrogens with zero attached hydrogens (tertiary/aromatic N) is 6. The number of amides is 1. The molecule has 5 aromatic rings. The zero-order valence-corrected chi connectivity index (χ0v) is 18.8. The van der Waals surface area contributed by atoms with Crippen molar-refractivity contribution in [3.63, 3.8) is 0 Å². The summed E-state index contributed by atoms with van der Waals surface area (Å²) in [5.74, 6) is 0.956. The Morgan fingerprint density at radius 1 is 0.879 bits per heavy atom. The van der Waals surface area contributed by atoms with Gasteiger partial charge in [-0.15, -0.1) is 27.1 Å². The van der Waals surface area contributed by atoms with E-state index in [1.54, 1.807) is 10.7 Å². The van der Waals surface area contributed by atoms with E-state index in [0.29, 0.717) is 22.3 Å². The Balaban J connectivity index is 1.30. The molecular weight excluding hydrogens is 454 g/mol. The van der Waals surface area contributed by atoms with Crippen LogP contribution >= 0.6 is 23.1 Å². The van der Waals surface area contributed by atoms with Crippen LogP contribution in [0.3, 0.4) is 0 Å². The van der Waals surface area contributed by atoms with Crippen LogP contribution < -0.4 is 5.32 Å². The lowest BCUT2D eigenvalue weighted by Crippen LogP contribution is -2.13. The average Bonchev–Trinajstić information content (AvgIpc) is 3.54. The highest BCUT2D eigenvalue weighted by Gasteiger charge is 2.16. The van der Waals surface area contributed by atoms with Crippen LogP contribution in [0.1, 0.15) is 16.2 Å². The minimum Gasteiger partial charge on any atom is -0.296 e. The highest BCUT2D eigenvalue weighted by atomic mass is 32.2. The number of carbonyl (C=O) groups excluding carboxylic acids is 1. The van der Waals surface area contributed by atoms with Gasteiger partial charge in [0.15, 0.2) is 5.82 Å². The Morgan fingerprint density at radius 2 is 1.61 bits per heavy atom. The molecule has 0 saturated heterocycles. The molecule has 10 heteroatoms. The van der Waals surface area contributed by atoms with E-state index in [-0.39, 0.29) is 5.91 Å². The molecule has 0 aliphatic rings. The van der Waals surface area contributed by atoms with Crippen molar-refractivity contribution >= 4 is 34.1 Å². The first-order valence-electron chi connectivity index (χ1n) is 10.0. The average molecular weight is 472 g/mol. The van der Waals surface area contributed by atoms with E-state index in [2.05, 4.69) is 31.0 Å². The first-order chi connectivity index (χ1) is 16.3. The number of hydrogen-bond acceptors (Lipinski definition) is 8. The Labute approximate surface area is 197 Å². The molecule has 2 heterocycles. The first-order valence-corrected chi connectivity index (χ1v) is 11.8. The SMILES string of the molecule is O=C(Nc1nnc(-c2ccccc2)s1)c1ccccc1SCc1nnnn1-c1ccccc1. The van der Waals surface area contributed by atoms with E-state index in [4.69, 9.17) is 0 Å². The van der Waals surface area contributed by atoms with Crippen LogP contribution in [0.4, 0.5) is 5.13 Å². The van der Waals surface area contributed by atoms with Crippen molar-refractivity contribution in [2.45, 2.75) is 10.6 Å². The van der Waals surface area contributed by atoms with Gasteiger partial charge in [0.2, 0.25) is 5.13 Å². The molecule has 0 aliphatic carbocycles. The van der Waals surface area contributed by atoms with E-state index in [1.807, 2.05) is 78.9 Å². The van der Waals surface area contributed by atoms with Gasteiger partial charge in [0.1, 0.15) is 5.01 Å². The fourth-order valence-electron chi connectivity index (χ4n) is 3.12. The summed E-state index contributed by atoms with van der Waals surface area (Å²) in [5, 5.41) is 24.4. The molecule has 0 unspecified atom stereocenters. The molecule has 0 saturated carbocycles. The summed E-state index contributed by atoms with van der Waals surface area (Å²) >= 11 is 2.83. The van der Waals surface area contributed by atoms with Gasteiger partial charge in [-0.1, -0.05) is 72.0 Å². The van der Waals surface area contributed by atoms with E-state index < -0.39 is 0 Å². The summed E-state index contributed by atoms with van der Waals surface area (Å²) in [6.45, 7) is 0. The summed E-state index contributed by atoms with van der Waals surface area (Å²) in [5.41, 5.74) is 2.40. The fraction of sp³-hybridized carbons (Fsp3) is 0.0435. The van der Waals surface area contributed by atoms with E-state index in [0.717, 1.165) is 21.2 Å². The van der Waals surface area contributed by atoms with Gasteiger partial charge in [-0.3, -0.25) is 10.1 Å². The van der Waals surface area contributed by atoms with Gasteiger partial charge in [0, 0.05) is 10.5 Å². The van der Waals surface area contributed by atoms with Gasteiger partial charge < -0.3 is 0 Å². The van der Waals surface area contributed by atoms with Crippen molar-refractivity contribution in [2.24, 2.45) is 0 Å². The third-order valence-electron chi connectivity index (χ3n) is 4.69. The Morgan fingerprint density at radius 3 is 2.42 bits per heavy atom. The molecule has 0 spiro atoms. The van der Waals surface area contributed by atoms with Gasteiger partial charge in [0.05, 0.1) is 17.0 Å². The number of benzene rings is 3. The molecule has 1 N–H and O–H groups in total. The summed E-state index contributed by atoms with van der Waals surface area (Å²) in [7, 11) is 0. The van der Waals surface area contributed by atoms with Crippen LogP contribution in [0.15, 0.2) is 89.8 Å². The normalized spacial score (nSPS) is 10.8. The third kappa shape index (κ3) is 4.81. The minimum absolute atomic E-state index is 0.239. The molecule has 0 radical (unpaired) electrons.